The molecule has 128 valence electrons. The molecule has 3 heterocycles. The molecule has 2 aliphatic carbocycles. The third kappa shape index (κ3) is 1.87. The molecule has 2 N–H and O–H groups in total. The van der Waals surface area contributed by atoms with Crippen molar-refractivity contribution in [2.24, 2.45) is 29.6 Å². The third-order valence-corrected chi connectivity index (χ3v) is 11.2. The number of esters is 2. The van der Waals surface area contributed by atoms with Crippen molar-refractivity contribution in [1.29, 1.82) is 0 Å². The van der Waals surface area contributed by atoms with E-state index in [0.29, 0.717) is 11.8 Å². The van der Waals surface area contributed by atoms with E-state index < -0.39 is 26.0 Å². The Bertz CT molecular complexity index is 601. The Balaban J connectivity index is 1.35. The number of ether oxygens (including phenoxy) is 2. The molecule has 2 saturated carbocycles. The first kappa shape index (κ1) is 14.9. The van der Waals surface area contributed by atoms with Crippen molar-refractivity contribution < 1.29 is 19.1 Å². The summed E-state index contributed by atoms with van der Waals surface area (Å²) in [5.74, 6) is 0.566. The zero-order valence-corrected chi connectivity index (χ0v) is 15.8. The first-order valence-corrected chi connectivity index (χ1v) is 11.8. The van der Waals surface area contributed by atoms with Gasteiger partial charge in [0, 0.05) is 0 Å². The van der Waals surface area contributed by atoms with Crippen molar-refractivity contribution in [3.8, 4) is 0 Å². The summed E-state index contributed by atoms with van der Waals surface area (Å²) in [6, 6.07) is 0. The van der Waals surface area contributed by atoms with Crippen LogP contribution in [0.3, 0.4) is 0 Å². The molecule has 0 amide bonds. The molecule has 6 atom stereocenters. The second-order valence-corrected chi connectivity index (χ2v) is 12.5. The van der Waals surface area contributed by atoms with Gasteiger partial charge in [0.2, 0.25) is 0 Å². The van der Waals surface area contributed by atoms with E-state index in [9.17, 15) is 9.59 Å². The van der Waals surface area contributed by atoms with Gasteiger partial charge in [0.25, 0.3) is 0 Å². The zero-order valence-electron chi connectivity index (χ0n) is 13.6. The predicted octanol–water partition coefficient (Wildman–Crippen LogP) is 1.73. The Hall–Kier alpha value is -0.410. The summed E-state index contributed by atoms with van der Waals surface area (Å²) in [6.07, 6.45) is 2.90. The van der Waals surface area contributed by atoms with Crippen molar-refractivity contribution in [1.82, 2.24) is 7.06 Å². The number of carbonyl (C=O) groups is 2. The van der Waals surface area contributed by atoms with Gasteiger partial charge in [-0.2, -0.15) is 0 Å². The average Bonchev–Trinajstić information content (AvgIpc) is 3.15. The molecular formula is C16H23IN2O4. The number of nitrogens with one attached hydrogen (secondary N) is 2. The molecule has 6 unspecified atom stereocenters. The second-order valence-electron chi connectivity index (χ2n) is 8.09. The molecule has 6 nitrogen and oxygen atoms in total. The van der Waals surface area contributed by atoms with Crippen LogP contribution >= 0.6 is 20.4 Å². The Morgan fingerprint density at radius 2 is 2.17 bits per heavy atom. The zero-order chi connectivity index (χ0) is 16.1. The normalized spacial score (nSPS) is 43.9. The average molecular weight is 434 g/mol. The maximum absolute atomic E-state index is 12.8. The third-order valence-electron chi connectivity index (χ3n) is 6.51. The summed E-state index contributed by atoms with van der Waals surface area (Å²) in [5.41, 5.74) is -0.609. The summed E-state index contributed by atoms with van der Waals surface area (Å²) in [7, 11) is 0. The van der Waals surface area contributed by atoms with Gasteiger partial charge in [-0.3, -0.25) is 0 Å². The molecule has 0 aromatic carbocycles. The van der Waals surface area contributed by atoms with Gasteiger partial charge >= 0.3 is 143 Å². The monoisotopic (exact) mass is 434 g/mol. The van der Waals surface area contributed by atoms with E-state index in [0.717, 1.165) is 19.3 Å². The number of fused-ring (bicyclic) bond motifs is 2. The number of halogens is 1. The molecule has 5 fully saturated rings. The first-order chi connectivity index (χ1) is 10.9. The SMILES string of the molecule is CCC(C(=O)OC(C)(C)C1C2CC3OC(=O)C1C3C2)C12NI1N2. The fourth-order valence-corrected chi connectivity index (χ4v) is 10.4. The number of hydrogen-bond acceptors (Lipinski definition) is 6. The van der Waals surface area contributed by atoms with Crippen molar-refractivity contribution in [3.05, 3.63) is 0 Å². The Labute approximate surface area is 143 Å². The van der Waals surface area contributed by atoms with Gasteiger partial charge < -0.3 is 0 Å². The van der Waals surface area contributed by atoms with Crippen LogP contribution in [0.1, 0.15) is 40.0 Å². The number of carbonyl (C=O) groups excluding carboxylic acids is 2. The van der Waals surface area contributed by atoms with Crippen LogP contribution in [-0.2, 0) is 19.1 Å². The molecule has 0 aromatic rings. The molecule has 0 spiro atoms. The van der Waals surface area contributed by atoms with E-state index in [1.165, 1.54) is 0 Å². The maximum atomic E-state index is 12.8. The predicted molar refractivity (Wildman–Crippen MR) is 90.0 cm³/mol. The van der Waals surface area contributed by atoms with Gasteiger partial charge in [-0.25, -0.2) is 0 Å². The fourth-order valence-electron chi connectivity index (χ4n) is 5.50. The molecule has 3 saturated heterocycles. The first-order valence-electron chi connectivity index (χ1n) is 8.56. The van der Waals surface area contributed by atoms with Crippen molar-refractivity contribution in [3.63, 3.8) is 0 Å². The van der Waals surface area contributed by atoms with Crippen LogP contribution in [0.25, 0.3) is 0 Å². The van der Waals surface area contributed by atoms with Gasteiger partial charge in [0.05, 0.1) is 0 Å². The van der Waals surface area contributed by atoms with Crippen molar-refractivity contribution >= 4 is 32.3 Å². The van der Waals surface area contributed by atoms with Crippen molar-refractivity contribution in [2.45, 2.75) is 55.4 Å². The Morgan fingerprint density at radius 3 is 2.78 bits per heavy atom. The van der Waals surface area contributed by atoms with E-state index in [1.807, 2.05) is 20.8 Å². The van der Waals surface area contributed by atoms with Gasteiger partial charge in [-0.15, -0.1) is 0 Å². The van der Waals surface area contributed by atoms with Crippen molar-refractivity contribution in [2.75, 3.05) is 0 Å². The van der Waals surface area contributed by atoms with Crippen LogP contribution in [0.5, 0.6) is 0 Å². The quantitative estimate of drug-likeness (QED) is 0.171. The van der Waals surface area contributed by atoms with Crippen LogP contribution in [-0.4, -0.2) is 27.3 Å². The minimum atomic E-state index is -1.16. The number of hydrogen-bond donors (Lipinski definition) is 2. The molecule has 0 radical (unpaired) electrons. The summed E-state index contributed by atoms with van der Waals surface area (Å²) in [6.45, 7) is 6.01. The summed E-state index contributed by atoms with van der Waals surface area (Å²) < 4.78 is 18.3. The van der Waals surface area contributed by atoms with Gasteiger partial charge in [-0.1, -0.05) is 0 Å². The fraction of sp³-hybridized carbons (Fsp3) is 0.875. The second kappa shape index (κ2) is 4.40. The van der Waals surface area contributed by atoms with Gasteiger partial charge in [-0.05, 0) is 0 Å². The topological polar surface area (TPSA) is 96.5 Å². The molecule has 0 aromatic heterocycles. The van der Waals surface area contributed by atoms with E-state index in [-0.39, 0.29) is 39.5 Å². The summed E-state index contributed by atoms with van der Waals surface area (Å²) in [5, 5.41) is 0. The van der Waals surface area contributed by atoms with Crippen LogP contribution < -0.4 is 7.06 Å². The van der Waals surface area contributed by atoms with E-state index in [4.69, 9.17) is 9.47 Å². The Kier molecular flexibility index (Phi) is 2.85. The number of alkyl halides is 1. The van der Waals surface area contributed by atoms with E-state index in [2.05, 4.69) is 7.06 Å². The summed E-state index contributed by atoms with van der Waals surface area (Å²) in [4.78, 5) is 25.0. The van der Waals surface area contributed by atoms with Crippen LogP contribution in [0.4, 0.5) is 0 Å². The molecule has 23 heavy (non-hydrogen) atoms. The molecule has 5 rings (SSSR count). The molecule has 7 heteroatoms. The van der Waals surface area contributed by atoms with Crippen LogP contribution in [0, 0.1) is 29.6 Å². The van der Waals surface area contributed by atoms with E-state index >= 15 is 0 Å². The van der Waals surface area contributed by atoms with Crippen LogP contribution in [0.15, 0.2) is 0 Å². The molecule has 5 aliphatic rings. The summed E-state index contributed by atoms with van der Waals surface area (Å²) >= 11 is -1.16. The van der Waals surface area contributed by atoms with Gasteiger partial charge in [0.15, 0.2) is 0 Å². The van der Waals surface area contributed by atoms with Crippen LogP contribution in [0.2, 0.25) is 0 Å². The number of rotatable bonds is 5. The Morgan fingerprint density at radius 1 is 1.48 bits per heavy atom. The standard InChI is InChI=1S/C16H23IN2O4/c1-4-9(16-17(18-16)19-16)13(20)23-15(2,3)12-7-5-8-10(6-7)22-14(21)11(8)12/h7-12,18-19H,4-6H2,1-3H3. The molecule has 2 bridgehead atoms. The molecular weight excluding hydrogens is 411 g/mol. The minimum absolute atomic E-state index is 0.0438. The van der Waals surface area contributed by atoms with Gasteiger partial charge in [0.1, 0.15) is 0 Å². The van der Waals surface area contributed by atoms with E-state index in [1.54, 1.807) is 0 Å². The molecule has 3 aliphatic heterocycles.